The molecule has 0 radical (unpaired) electrons. The van der Waals surface area contributed by atoms with Crippen LogP contribution in [0.15, 0.2) is 42.4 Å². The van der Waals surface area contributed by atoms with Gasteiger partial charge in [0.15, 0.2) is 0 Å². The first-order chi connectivity index (χ1) is 11.3. The van der Waals surface area contributed by atoms with Crippen molar-refractivity contribution < 1.29 is 9.47 Å². The number of pyridine rings is 1. The maximum Gasteiger partial charge on any atom is 0.137 e. The molecule has 0 spiro atoms. The van der Waals surface area contributed by atoms with Gasteiger partial charge in [-0.05, 0) is 55.9 Å². The number of ether oxygens (including phenoxy) is 2. The molecule has 23 heavy (non-hydrogen) atoms. The molecule has 0 aliphatic heterocycles. The van der Waals surface area contributed by atoms with Crippen molar-refractivity contribution in [1.29, 1.82) is 0 Å². The fraction of sp³-hybridized carbons (Fsp3) is 0.421. The van der Waals surface area contributed by atoms with Crippen molar-refractivity contribution in [2.24, 2.45) is 0 Å². The maximum absolute atomic E-state index is 6.27. The van der Waals surface area contributed by atoms with E-state index in [1.54, 1.807) is 7.11 Å². The molecule has 4 nitrogen and oxygen atoms in total. The number of allylic oxidation sites excluding steroid dienone is 2. The van der Waals surface area contributed by atoms with Gasteiger partial charge in [0.05, 0.1) is 6.10 Å². The number of methoxy groups -OCH3 is 1. The second-order valence-electron chi connectivity index (χ2n) is 6.29. The summed E-state index contributed by atoms with van der Waals surface area (Å²) in [6, 6.07) is 4.07. The molecule has 1 N–H and O–H groups in total. The van der Waals surface area contributed by atoms with Crippen molar-refractivity contribution in [3.8, 4) is 0 Å². The van der Waals surface area contributed by atoms with E-state index in [1.807, 2.05) is 18.5 Å². The molecule has 1 unspecified atom stereocenters. The first kappa shape index (κ1) is 14.5. The smallest absolute Gasteiger partial charge is 0.137 e. The number of aromatic nitrogens is 2. The molecule has 2 aromatic rings. The second-order valence-corrected chi connectivity index (χ2v) is 6.29. The van der Waals surface area contributed by atoms with E-state index in [2.05, 4.69) is 28.2 Å². The number of fused-ring (bicyclic) bond motifs is 1. The van der Waals surface area contributed by atoms with E-state index >= 15 is 0 Å². The Labute approximate surface area is 136 Å². The monoisotopic (exact) mass is 310 g/mol. The van der Waals surface area contributed by atoms with Crippen LogP contribution in [0.1, 0.15) is 37.7 Å². The van der Waals surface area contributed by atoms with Crippen LogP contribution < -0.4 is 0 Å². The number of nitrogens with one attached hydrogen (secondary N) is 1. The predicted molar refractivity (Wildman–Crippen MR) is 90.9 cm³/mol. The molecule has 1 saturated carbocycles. The summed E-state index contributed by atoms with van der Waals surface area (Å²) in [5, 5.41) is 1.14. The van der Waals surface area contributed by atoms with E-state index < -0.39 is 0 Å². The molecule has 4 heteroatoms. The van der Waals surface area contributed by atoms with Gasteiger partial charge >= 0.3 is 0 Å². The Kier molecular flexibility index (Phi) is 3.92. The Balaban J connectivity index is 1.65. The minimum absolute atomic E-state index is 0.0303. The molecule has 1 fully saturated rings. The average molecular weight is 310 g/mol. The van der Waals surface area contributed by atoms with Crippen molar-refractivity contribution in [2.75, 3.05) is 7.11 Å². The fourth-order valence-corrected chi connectivity index (χ4v) is 3.56. The van der Waals surface area contributed by atoms with E-state index in [1.165, 1.54) is 24.0 Å². The Morgan fingerprint density at radius 2 is 2.13 bits per heavy atom. The van der Waals surface area contributed by atoms with Crippen LogP contribution in [0.25, 0.3) is 16.6 Å². The summed E-state index contributed by atoms with van der Waals surface area (Å²) in [5.74, 6) is 0.968. The van der Waals surface area contributed by atoms with Crippen LogP contribution in [-0.4, -0.2) is 29.3 Å². The zero-order valence-electron chi connectivity index (χ0n) is 13.4. The van der Waals surface area contributed by atoms with Crippen LogP contribution in [0.5, 0.6) is 0 Å². The minimum atomic E-state index is 0.0303. The summed E-state index contributed by atoms with van der Waals surface area (Å²) >= 11 is 0. The predicted octanol–water partition coefficient (Wildman–Crippen LogP) is 4.21. The quantitative estimate of drug-likeness (QED) is 0.920. The van der Waals surface area contributed by atoms with Gasteiger partial charge in [-0.1, -0.05) is 6.08 Å². The molecule has 0 aromatic carbocycles. The van der Waals surface area contributed by atoms with Gasteiger partial charge in [-0.2, -0.15) is 0 Å². The number of H-pyrrole nitrogens is 1. The van der Waals surface area contributed by atoms with Gasteiger partial charge in [0, 0.05) is 30.5 Å². The van der Waals surface area contributed by atoms with E-state index in [4.69, 9.17) is 9.47 Å². The van der Waals surface area contributed by atoms with Crippen molar-refractivity contribution in [3.05, 3.63) is 48.0 Å². The highest BCUT2D eigenvalue weighted by Crippen LogP contribution is 2.33. The Morgan fingerprint density at radius 1 is 1.26 bits per heavy atom. The molecule has 2 heterocycles. The topological polar surface area (TPSA) is 47.1 Å². The number of aromatic amines is 1. The van der Waals surface area contributed by atoms with Crippen LogP contribution in [-0.2, 0) is 9.47 Å². The van der Waals surface area contributed by atoms with Crippen LogP contribution in [0.3, 0.4) is 0 Å². The lowest BCUT2D eigenvalue weighted by Gasteiger charge is -2.25. The van der Waals surface area contributed by atoms with Crippen LogP contribution >= 0.6 is 0 Å². The second kappa shape index (κ2) is 6.20. The third kappa shape index (κ3) is 2.79. The number of hydrogen-bond donors (Lipinski definition) is 1. The molecule has 0 bridgehead atoms. The highest BCUT2D eigenvalue weighted by molar-refractivity contribution is 5.93. The van der Waals surface area contributed by atoms with Gasteiger partial charge in [0.1, 0.15) is 17.5 Å². The van der Waals surface area contributed by atoms with Gasteiger partial charge in [-0.25, -0.2) is 4.98 Å². The molecule has 2 aromatic heterocycles. The number of rotatable bonds is 4. The first-order valence-corrected chi connectivity index (χ1v) is 8.39. The molecule has 120 valence electrons. The largest absolute Gasteiger partial charge is 0.492 e. The van der Waals surface area contributed by atoms with Crippen LogP contribution in [0.4, 0.5) is 0 Å². The van der Waals surface area contributed by atoms with Gasteiger partial charge in [0.2, 0.25) is 0 Å². The van der Waals surface area contributed by atoms with E-state index in [0.717, 1.165) is 36.1 Å². The van der Waals surface area contributed by atoms with E-state index in [-0.39, 0.29) is 6.10 Å². The molecule has 4 rings (SSSR count). The van der Waals surface area contributed by atoms with Crippen LogP contribution in [0.2, 0.25) is 0 Å². The zero-order chi connectivity index (χ0) is 15.6. The van der Waals surface area contributed by atoms with Gasteiger partial charge in [-0.15, -0.1) is 0 Å². The van der Waals surface area contributed by atoms with E-state index in [0.29, 0.717) is 6.10 Å². The molecule has 1 atom stereocenters. The third-order valence-electron chi connectivity index (χ3n) is 4.82. The SMILES string of the molecule is COC1CC=C(c2c[nH]c3ncccc23)C=C1OC1CCCC1. The normalized spacial score (nSPS) is 22.2. The molecule has 0 amide bonds. The fourth-order valence-electron chi connectivity index (χ4n) is 3.56. The summed E-state index contributed by atoms with van der Waals surface area (Å²) in [7, 11) is 1.75. The summed E-state index contributed by atoms with van der Waals surface area (Å²) in [4.78, 5) is 7.62. The summed E-state index contributed by atoms with van der Waals surface area (Å²) in [6.45, 7) is 0. The lowest BCUT2D eigenvalue weighted by molar-refractivity contribution is 0.0326. The lowest BCUT2D eigenvalue weighted by atomic mass is 9.97. The first-order valence-electron chi connectivity index (χ1n) is 8.39. The Bertz CT molecular complexity index is 754. The van der Waals surface area contributed by atoms with Crippen molar-refractivity contribution in [3.63, 3.8) is 0 Å². The number of nitrogens with zero attached hydrogens (tertiary/aromatic N) is 1. The maximum atomic E-state index is 6.27. The number of hydrogen-bond acceptors (Lipinski definition) is 3. The Morgan fingerprint density at radius 3 is 2.96 bits per heavy atom. The lowest BCUT2D eigenvalue weighted by Crippen LogP contribution is -2.21. The summed E-state index contributed by atoms with van der Waals surface area (Å²) in [6.07, 6.45) is 14.3. The standard InChI is InChI=1S/C19H22N2O2/c1-22-17-9-8-13(11-18(17)23-14-5-2-3-6-14)16-12-21-19-15(16)7-4-10-20-19/h4,7-8,10-12,14,17H,2-3,5-6,9H2,1H3,(H,20,21). The Hall–Kier alpha value is -2.07. The minimum Gasteiger partial charge on any atom is -0.492 e. The molecular formula is C19H22N2O2. The van der Waals surface area contributed by atoms with Gasteiger partial charge < -0.3 is 14.5 Å². The zero-order valence-corrected chi connectivity index (χ0v) is 13.4. The molecular weight excluding hydrogens is 288 g/mol. The highest BCUT2D eigenvalue weighted by atomic mass is 16.5. The van der Waals surface area contributed by atoms with E-state index in [9.17, 15) is 0 Å². The molecule has 2 aliphatic carbocycles. The third-order valence-corrected chi connectivity index (χ3v) is 4.82. The van der Waals surface area contributed by atoms with Crippen molar-refractivity contribution in [1.82, 2.24) is 9.97 Å². The summed E-state index contributed by atoms with van der Waals surface area (Å²) in [5.41, 5.74) is 3.28. The highest BCUT2D eigenvalue weighted by Gasteiger charge is 2.25. The molecule has 0 saturated heterocycles. The van der Waals surface area contributed by atoms with Crippen LogP contribution in [0, 0.1) is 0 Å². The summed E-state index contributed by atoms with van der Waals surface area (Å²) < 4.78 is 11.9. The van der Waals surface area contributed by atoms with Gasteiger partial charge in [0.25, 0.3) is 0 Å². The van der Waals surface area contributed by atoms with Gasteiger partial charge in [-0.3, -0.25) is 0 Å². The molecule has 2 aliphatic rings. The van der Waals surface area contributed by atoms with Crippen molar-refractivity contribution in [2.45, 2.75) is 44.3 Å². The van der Waals surface area contributed by atoms with Crippen molar-refractivity contribution >= 4 is 16.6 Å². The average Bonchev–Trinajstić information content (AvgIpc) is 3.24.